The van der Waals surface area contributed by atoms with Crippen molar-refractivity contribution in [3.05, 3.63) is 76.5 Å². The number of piperazine rings is 1. The molecule has 2 amide bonds. The summed E-state index contributed by atoms with van der Waals surface area (Å²) in [5.74, 6) is 1.52. The summed E-state index contributed by atoms with van der Waals surface area (Å²) >= 11 is 6.25. The second kappa shape index (κ2) is 11.0. The van der Waals surface area contributed by atoms with Gasteiger partial charge in [0.2, 0.25) is 0 Å². The summed E-state index contributed by atoms with van der Waals surface area (Å²) in [6.07, 6.45) is -9.97. The van der Waals surface area contributed by atoms with E-state index in [2.05, 4.69) is 15.1 Å². The van der Waals surface area contributed by atoms with Gasteiger partial charge >= 0.3 is 18.4 Å². The molecule has 2 aliphatic rings. The number of carbonyl (C=O) groups excluding carboxylic acids is 1. The Balaban J connectivity index is 1.10. The molecule has 13 heteroatoms. The van der Waals surface area contributed by atoms with Crippen LogP contribution in [0.1, 0.15) is 16.9 Å². The highest BCUT2D eigenvalue weighted by Crippen LogP contribution is 2.38. The first-order valence-corrected chi connectivity index (χ1v) is 12.9. The normalized spacial score (nSPS) is 17.6. The highest BCUT2D eigenvalue weighted by atomic mass is 35.5. The van der Waals surface area contributed by atoms with Crippen molar-refractivity contribution < 1.29 is 35.6 Å². The molecule has 5 rings (SSSR count). The number of benzene rings is 2. The van der Waals surface area contributed by atoms with Crippen molar-refractivity contribution in [2.45, 2.75) is 24.9 Å². The lowest BCUT2D eigenvalue weighted by atomic mass is 10.1. The Morgan fingerprint density at radius 2 is 1.52 bits per heavy atom. The number of carbonyl (C=O) groups is 1. The molecule has 1 N–H and O–H groups in total. The summed E-state index contributed by atoms with van der Waals surface area (Å²) in [7, 11) is 0. The minimum absolute atomic E-state index is 0.0265. The minimum atomic E-state index is -4.99. The van der Waals surface area contributed by atoms with Crippen molar-refractivity contribution in [3.8, 4) is 11.3 Å². The second-order valence-corrected chi connectivity index (χ2v) is 10.2. The average molecular weight is 587 g/mol. The maximum Gasteiger partial charge on any atom is 0.416 e. The van der Waals surface area contributed by atoms with Crippen LogP contribution >= 0.6 is 11.6 Å². The summed E-state index contributed by atoms with van der Waals surface area (Å²) in [5.41, 5.74) is -2.69. The second-order valence-electron chi connectivity index (χ2n) is 9.84. The molecule has 0 saturated carbocycles. The summed E-state index contributed by atoms with van der Waals surface area (Å²) in [4.78, 5) is 18.4. The predicted molar refractivity (Wildman–Crippen MR) is 137 cm³/mol. The smallest absolute Gasteiger partial charge is 0.416 e. The van der Waals surface area contributed by atoms with Crippen LogP contribution in [0.5, 0.6) is 0 Å². The standard InChI is InChI=1S/C27H25ClF6N4O2/c28-23-4-2-1-3-22(23)24-6-5-21(40-24)16-36-7-9-37(10-8-36)20-14-38(15-20)25(39)35-19-12-17(26(29,30)31)11-18(13-19)27(32,33)34/h1-6,11-13,20H,7-10,14-16H2,(H,35,39). The first kappa shape index (κ1) is 28.3. The molecule has 2 saturated heterocycles. The number of anilines is 1. The van der Waals surface area contributed by atoms with Gasteiger partial charge in [-0.3, -0.25) is 9.80 Å². The third-order valence-electron chi connectivity index (χ3n) is 7.09. The molecule has 0 aliphatic carbocycles. The zero-order valence-corrected chi connectivity index (χ0v) is 21.8. The van der Waals surface area contributed by atoms with Gasteiger partial charge in [-0.25, -0.2) is 4.79 Å². The van der Waals surface area contributed by atoms with Gasteiger partial charge in [0, 0.05) is 56.6 Å². The van der Waals surface area contributed by atoms with Crippen LogP contribution in [-0.4, -0.2) is 66.0 Å². The van der Waals surface area contributed by atoms with E-state index in [-0.39, 0.29) is 12.1 Å². The van der Waals surface area contributed by atoms with E-state index < -0.39 is 35.2 Å². The Kier molecular flexibility index (Phi) is 7.77. The Bertz CT molecular complexity index is 1330. The lowest BCUT2D eigenvalue weighted by Crippen LogP contribution is -2.64. The summed E-state index contributed by atoms with van der Waals surface area (Å²) in [5, 5.41) is 2.80. The first-order chi connectivity index (χ1) is 18.9. The molecule has 0 radical (unpaired) electrons. The van der Waals surface area contributed by atoms with Gasteiger partial charge in [-0.05, 0) is 42.5 Å². The number of hydrogen-bond donors (Lipinski definition) is 1. The van der Waals surface area contributed by atoms with Gasteiger partial charge in [0.25, 0.3) is 0 Å². The zero-order valence-electron chi connectivity index (χ0n) is 21.0. The van der Waals surface area contributed by atoms with E-state index in [1.54, 1.807) is 6.07 Å². The lowest BCUT2D eigenvalue weighted by Gasteiger charge is -2.47. The van der Waals surface area contributed by atoms with E-state index >= 15 is 0 Å². The van der Waals surface area contributed by atoms with Crippen LogP contribution in [0.25, 0.3) is 11.3 Å². The van der Waals surface area contributed by atoms with Gasteiger partial charge in [-0.1, -0.05) is 23.7 Å². The van der Waals surface area contributed by atoms with E-state index in [1.807, 2.05) is 30.3 Å². The lowest BCUT2D eigenvalue weighted by molar-refractivity contribution is -0.143. The van der Waals surface area contributed by atoms with Crippen LogP contribution in [0, 0.1) is 0 Å². The average Bonchev–Trinajstić information content (AvgIpc) is 3.31. The fraction of sp³-hybridized carbons (Fsp3) is 0.370. The Labute approximate surface area is 231 Å². The molecule has 214 valence electrons. The quantitative estimate of drug-likeness (QED) is 0.339. The fourth-order valence-corrected chi connectivity index (χ4v) is 5.09. The maximum absolute atomic E-state index is 13.1. The SMILES string of the molecule is O=C(Nc1cc(C(F)(F)F)cc(C(F)(F)F)c1)N1CC(N2CCN(Cc3ccc(-c4ccccc4Cl)o3)CC2)C1. The highest BCUT2D eigenvalue weighted by Gasteiger charge is 2.39. The molecular formula is C27H25ClF6N4O2. The molecule has 40 heavy (non-hydrogen) atoms. The van der Waals surface area contributed by atoms with Crippen LogP contribution in [0.15, 0.2) is 59.0 Å². The number of rotatable bonds is 5. The van der Waals surface area contributed by atoms with Crippen molar-refractivity contribution in [3.63, 3.8) is 0 Å². The van der Waals surface area contributed by atoms with Crippen LogP contribution in [-0.2, 0) is 18.9 Å². The van der Waals surface area contributed by atoms with Gasteiger partial charge in [0.1, 0.15) is 11.5 Å². The van der Waals surface area contributed by atoms with Gasteiger partial charge < -0.3 is 14.6 Å². The zero-order chi connectivity index (χ0) is 28.7. The molecule has 2 aromatic carbocycles. The molecule has 3 aromatic rings. The summed E-state index contributed by atoms with van der Waals surface area (Å²) < 4.78 is 84.5. The van der Waals surface area contributed by atoms with E-state index in [4.69, 9.17) is 16.0 Å². The molecule has 0 unspecified atom stereocenters. The number of furan rings is 1. The number of amides is 2. The van der Waals surface area contributed by atoms with E-state index in [1.165, 1.54) is 4.90 Å². The van der Waals surface area contributed by atoms with Gasteiger partial charge in [0.05, 0.1) is 22.7 Å². The van der Waals surface area contributed by atoms with Crippen molar-refractivity contribution >= 4 is 23.3 Å². The molecule has 6 nitrogen and oxygen atoms in total. The molecule has 3 heterocycles. The Morgan fingerprint density at radius 1 is 0.900 bits per heavy atom. The monoisotopic (exact) mass is 586 g/mol. The van der Waals surface area contributed by atoms with E-state index in [0.717, 1.165) is 37.5 Å². The van der Waals surface area contributed by atoms with Crippen LogP contribution < -0.4 is 5.32 Å². The summed E-state index contributed by atoms with van der Waals surface area (Å²) in [6.45, 7) is 4.34. The Morgan fingerprint density at radius 3 is 2.12 bits per heavy atom. The number of hydrogen-bond acceptors (Lipinski definition) is 4. The fourth-order valence-electron chi connectivity index (χ4n) is 4.86. The van der Waals surface area contributed by atoms with Gasteiger partial charge in [-0.2, -0.15) is 26.3 Å². The topological polar surface area (TPSA) is 52.0 Å². The van der Waals surface area contributed by atoms with Crippen molar-refractivity contribution in [2.24, 2.45) is 0 Å². The van der Waals surface area contributed by atoms with E-state index in [0.29, 0.717) is 42.5 Å². The predicted octanol–water partition coefficient (Wildman–Crippen LogP) is 6.67. The summed E-state index contributed by atoms with van der Waals surface area (Å²) in [6, 6.07) is 11.6. The molecule has 2 aliphatic heterocycles. The van der Waals surface area contributed by atoms with Crippen LogP contribution in [0.2, 0.25) is 5.02 Å². The largest absolute Gasteiger partial charge is 0.460 e. The maximum atomic E-state index is 13.1. The molecule has 2 fully saturated rings. The molecule has 0 bridgehead atoms. The van der Waals surface area contributed by atoms with Crippen LogP contribution in [0.3, 0.4) is 0 Å². The van der Waals surface area contributed by atoms with Crippen LogP contribution in [0.4, 0.5) is 36.8 Å². The number of urea groups is 1. The van der Waals surface area contributed by atoms with Gasteiger partial charge in [-0.15, -0.1) is 0 Å². The van der Waals surface area contributed by atoms with Gasteiger partial charge in [0.15, 0.2) is 0 Å². The van der Waals surface area contributed by atoms with Crippen molar-refractivity contribution in [1.29, 1.82) is 0 Å². The van der Waals surface area contributed by atoms with E-state index in [9.17, 15) is 31.1 Å². The Hall–Kier alpha value is -3.22. The van der Waals surface area contributed by atoms with Crippen molar-refractivity contribution in [1.82, 2.24) is 14.7 Å². The number of likely N-dealkylation sites (tertiary alicyclic amines) is 1. The highest BCUT2D eigenvalue weighted by molar-refractivity contribution is 6.33. The minimum Gasteiger partial charge on any atom is -0.460 e. The number of nitrogens with zero attached hydrogens (tertiary/aromatic N) is 3. The number of nitrogens with one attached hydrogen (secondary N) is 1. The number of alkyl halides is 6. The molecular weight excluding hydrogens is 562 g/mol. The third-order valence-corrected chi connectivity index (χ3v) is 7.42. The first-order valence-electron chi connectivity index (χ1n) is 12.5. The molecule has 1 aromatic heterocycles. The molecule has 0 atom stereocenters. The number of halogens is 7. The molecule has 0 spiro atoms. The third kappa shape index (κ3) is 6.39. The van der Waals surface area contributed by atoms with Crippen molar-refractivity contribution in [2.75, 3.05) is 44.6 Å².